The predicted molar refractivity (Wildman–Crippen MR) is 411 cm³/mol. The van der Waals surface area contributed by atoms with Crippen LogP contribution in [0.3, 0.4) is 0 Å². The number of benzene rings is 9. The van der Waals surface area contributed by atoms with Crippen molar-refractivity contribution in [3.63, 3.8) is 0 Å². The Balaban J connectivity index is 0.000000529. The van der Waals surface area contributed by atoms with Gasteiger partial charge in [-0.3, -0.25) is 4.79 Å². The van der Waals surface area contributed by atoms with Gasteiger partial charge in [-0.15, -0.1) is 0 Å². The molecule has 9 aromatic rings. The van der Waals surface area contributed by atoms with Gasteiger partial charge in [0, 0.05) is 25.6 Å². The van der Waals surface area contributed by atoms with Gasteiger partial charge in [0.15, 0.2) is 5.78 Å². The van der Waals surface area contributed by atoms with Crippen LogP contribution in [0.4, 0.5) is 0 Å². The molecule has 9 aromatic carbocycles. The first-order chi connectivity index (χ1) is 43.9. The molecule has 8 heteroatoms. The fourth-order valence-electron chi connectivity index (χ4n) is 9.48. The number of nitrogens with zero attached hydrogens (tertiary/aromatic N) is 2. The highest BCUT2D eigenvalue weighted by Gasteiger charge is 2.09. The first-order valence-corrected chi connectivity index (χ1v) is 33.5. The van der Waals surface area contributed by atoms with Crippen LogP contribution in [0.1, 0.15) is 180 Å². The molecule has 0 aliphatic heterocycles. The van der Waals surface area contributed by atoms with Gasteiger partial charge in [0.25, 0.3) is 0 Å². The number of hydrogen-bond acceptors (Lipinski definition) is 5. The SMILES string of the molecule is CC(=O)c1cc(C)ccc1C.CCc1cc(C)ccc1C.COc1c(C)ccc(C)c1CO.Cc1cc(C)c(Br)cc1C.Cc1cc(C)c(C)cc1C.Cc1cc(Cl)c(C)cc1Cl.Cc1ccc(C)c(C#N)c1C#N.Cc1ccc(C)c(C)c1.Cc1ccc(C)c(C)c1C. The Morgan fingerprint density at radius 2 is 0.745 bits per heavy atom. The molecule has 0 radical (unpaired) electrons. The Morgan fingerprint density at radius 1 is 0.404 bits per heavy atom. The molecule has 0 fully saturated rings. The number of ketones is 1. The van der Waals surface area contributed by atoms with Crippen LogP contribution in [-0.2, 0) is 13.0 Å². The number of Topliss-reactive ketones (excluding diaryl/α,β-unsaturated/α-hetero) is 1. The summed E-state index contributed by atoms with van der Waals surface area (Å²) in [5.41, 5.74) is 34.4. The first-order valence-electron chi connectivity index (χ1n) is 32.0. The molecule has 0 saturated heterocycles. The van der Waals surface area contributed by atoms with Gasteiger partial charge in [-0.2, -0.15) is 10.5 Å². The van der Waals surface area contributed by atoms with E-state index in [1.165, 1.54) is 99.1 Å². The van der Waals surface area contributed by atoms with Gasteiger partial charge in [-0.05, 0) is 326 Å². The van der Waals surface area contributed by atoms with Gasteiger partial charge in [-0.1, -0.05) is 166 Å². The van der Waals surface area contributed by atoms with Crippen molar-refractivity contribution in [2.75, 3.05) is 7.11 Å². The Hall–Kier alpha value is -7.55. The number of hydrogen-bond donors (Lipinski definition) is 1. The molecule has 0 atom stereocenters. The van der Waals surface area contributed by atoms with E-state index in [1.54, 1.807) is 14.0 Å². The maximum atomic E-state index is 11.0. The lowest BCUT2D eigenvalue weighted by Crippen LogP contribution is -1.97. The average molecular weight is 1370 g/mol. The number of rotatable bonds is 4. The minimum atomic E-state index is 0.0384. The van der Waals surface area contributed by atoms with Crippen LogP contribution in [0.5, 0.6) is 5.75 Å². The van der Waals surface area contributed by atoms with Gasteiger partial charge in [-0.25, -0.2) is 0 Å². The molecule has 0 aliphatic rings. The van der Waals surface area contributed by atoms with E-state index < -0.39 is 0 Å². The molecule has 5 nitrogen and oxygen atoms in total. The molecule has 0 spiro atoms. The van der Waals surface area contributed by atoms with Crippen molar-refractivity contribution in [1.29, 1.82) is 10.5 Å². The number of halogens is 3. The minimum absolute atomic E-state index is 0.0384. The van der Waals surface area contributed by atoms with Crippen molar-refractivity contribution in [2.24, 2.45) is 0 Å². The summed E-state index contributed by atoms with van der Waals surface area (Å²) in [7, 11) is 1.63. The van der Waals surface area contributed by atoms with E-state index >= 15 is 0 Å². The minimum Gasteiger partial charge on any atom is -0.496 e. The van der Waals surface area contributed by atoms with Crippen molar-refractivity contribution in [3.8, 4) is 17.9 Å². The van der Waals surface area contributed by atoms with Crippen LogP contribution in [0.15, 0.2) is 132 Å². The number of carbonyl (C=O) groups excluding carboxylic acids is 1. The van der Waals surface area contributed by atoms with E-state index in [0.717, 1.165) is 77.9 Å². The number of aliphatic hydroxyl groups is 1. The van der Waals surface area contributed by atoms with Crippen molar-refractivity contribution in [1.82, 2.24) is 0 Å². The molecule has 94 heavy (non-hydrogen) atoms. The Labute approximate surface area is 587 Å². The molecular formula is C86H107BrCl2N2O3. The van der Waals surface area contributed by atoms with E-state index in [0.29, 0.717) is 11.1 Å². The summed E-state index contributed by atoms with van der Waals surface area (Å²) in [5.74, 6) is 0.948. The molecule has 0 unspecified atom stereocenters. The van der Waals surface area contributed by atoms with Gasteiger partial charge in [0.2, 0.25) is 0 Å². The number of nitriles is 2. The largest absolute Gasteiger partial charge is 0.496 e. The molecule has 1 N–H and O–H groups in total. The molecule has 0 bridgehead atoms. The standard InChI is InChI=1S/C10H8N2.C10H14O2.C10H12O.3C10H14.C9H11Br.C9H12.C8H8Cl2/c1-7-3-4-8(2)10(6-12)9(7)5-11;1-7-4-5-8(2)10(12-3)9(7)6-11;1-7-4-5-8(2)10(6-7)9(3)11;1-7-5-9(3)10(4)6-8(7)2;1-7-5-6-8(2)10(4)9(7)3;1-4-10-7-8(2)5-6-9(10)3;1-6-4-8(3)9(10)5-7(6)2;1-7-4-5-8(2)9(3)6-7;1-5-3-8(10)6(2)4-7(5)9/h3-4H,1-2H3;4-5,11H,6H2,1-3H3;4-6H,1-3H3;2*5-6H,1-4H3;5-7H,4H2,1-3H3;4-5H,1-3H3;4-6H,1-3H3;3-4H,1-2H3. The van der Waals surface area contributed by atoms with E-state index in [4.69, 9.17) is 43.6 Å². The maximum Gasteiger partial charge on any atom is 0.160 e. The molecular weight excluding hydrogens is 1260 g/mol. The predicted octanol–water partition coefficient (Wildman–Crippen LogP) is 24.7. The highest BCUT2D eigenvalue weighted by molar-refractivity contribution is 9.10. The van der Waals surface area contributed by atoms with Gasteiger partial charge < -0.3 is 9.84 Å². The molecule has 0 saturated carbocycles. The average Bonchev–Trinajstić information content (AvgIpc) is 0.948. The maximum absolute atomic E-state index is 11.0. The van der Waals surface area contributed by atoms with E-state index in [-0.39, 0.29) is 12.4 Å². The number of carbonyl (C=O) groups is 1. The Morgan fingerprint density at radius 3 is 1.09 bits per heavy atom. The van der Waals surface area contributed by atoms with Gasteiger partial charge in [0.05, 0.1) is 24.8 Å². The van der Waals surface area contributed by atoms with Crippen LogP contribution in [0.25, 0.3) is 0 Å². The summed E-state index contributed by atoms with van der Waals surface area (Å²) in [6, 6.07) is 47.7. The molecule has 0 aromatic heterocycles. The van der Waals surface area contributed by atoms with E-state index in [9.17, 15) is 4.79 Å². The third-order valence-electron chi connectivity index (χ3n) is 16.9. The summed E-state index contributed by atoms with van der Waals surface area (Å²) in [4.78, 5) is 11.0. The van der Waals surface area contributed by atoms with Crippen LogP contribution >= 0.6 is 39.1 Å². The van der Waals surface area contributed by atoms with Crippen molar-refractivity contribution in [3.05, 3.63) is 303 Å². The summed E-state index contributed by atoms with van der Waals surface area (Å²) in [6.07, 6.45) is 1.15. The first kappa shape index (κ1) is 84.5. The van der Waals surface area contributed by atoms with Crippen molar-refractivity contribution >= 4 is 44.9 Å². The third kappa shape index (κ3) is 28.2. The highest BCUT2D eigenvalue weighted by Crippen LogP contribution is 2.27. The summed E-state index contributed by atoms with van der Waals surface area (Å²) >= 11 is 15.1. The van der Waals surface area contributed by atoms with Crippen molar-refractivity contribution in [2.45, 2.75) is 193 Å². The zero-order chi connectivity index (χ0) is 72.0. The fraction of sp³-hybridized carbons (Fsp3) is 0.337. The van der Waals surface area contributed by atoms with Crippen LogP contribution in [-0.4, -0.2) is 18.0 Å². The molecule has 0 amide bonds. The molecule has 9 rings (SSSR count). The Bertz CT molecular complexity index is 3690. The second-order valence-corrected chi connectivity index (χ2v) is 26.5. The normalized spacial score (nSPS) is 9.76. The van der Waals surface area contributed by atoms with E-state index in [2.05, 4.69) is 206 Å². The summed E-state index contributed by atoms with van der Waals surface area (Å²) in [6.45, 7) is 53.6. The highest BCUT2D eigenvalue weighted by atomic mass is 79.9. The smallest absolute Gasteiger partial charge is 0.160 e. The second kappa shape index (κ2) is 42.0. The van der Waals surface area contributed by atoms with Crippen LogP contribution < -0.4 is 4.74 Å². The van der Waals surface area contributed by atoms with Gasteiger partial charge >= 0.3 is 0 Å². The summed E-state index contributed by atoms with van der Waals surface area (Å²) in [5, 5.41) is 28.1. The molecule has 0 heterocycles. The lowest BCUT2D eigenvalue weighted by Gasteiger charge is -2.11. The monoisotopic (exact) mass is 1360 g/mol. The number of ether oxygens (including phenoxy) is 1. The zero-order valence-corrected chi connectivity index (χ0v) is 64.9. The number of aryl methyl sites for hydroxylation is 23. The molecule has 0 aliphatic carbocycles. The lowest BCUT2D eigenvalue weighted by molar-refractivity contribution is 0.101. The van der Waals surface area contributed by atoms with Crippen LogP contribution in [0, 0.1) is 189 Å². The summed E-state index contributed by atoms with van der Waals surface area (Å²) < 4.78 is 6.39. The van der Waals surface area contributed by atoms with Gasteiger partial charge in [0.1, 0.15) is 17.9 Å². The quantitative estimate of drug-likeness (QED) is 0.177. The Kier molecular flexibility index (Phi) is 37.7. The lowest BCUT2D eigenvalue weighted by atomic mass is 9.99. The second-order valence-electron chi connectivity index (χ2n) is 24.8. The van der Waals surface area contributed by atoms with E-state index in [1.807, 2.05) is 122 Å². The molecule has 500 valence electrons. The number of aliphatic hydroxyl groups excluding tert-OH is 1. The third-order valence-corrected chi connectivity index (χ3v) is 18.5. The van der Waals surface area contributed by atoms with Crippen molar-refractivity contribution < 1.29 is 14.6 Å². The van der Waals surface area contributed by atoms with Crippen LogP contribution in [0.2, 0.25) is 10.0 Å². The zero-order valence-electron chi connectivity index (χ0n) is 61.8. The fourth-order valence-corrected chi connectivity index (χ4v) is 10.4. The number of methoxy groups -OCH3 is 1. The topological polar surface area (TPSA) is 94.1 Å².